The molecular weight excluding hydrogens is 835 g/mol. The summed E-state index contributed by atoms with van der Waals surface area (Å²) in [6.07, 6.45) is 0. The van der Waals surface area contributed by atoms with E-state index in [9.17, 15) is 0 Å². The van der Waals surface area contributed by atoms with E-state index < -0.39 is 5.41 Å². The summed E-state index contributed by atoms with van der Waals surface area (Å²) in [6.45, 7) is 0. The molecule has 0 saturated heterocycles. The maximum Gasteiger partial charge on any atom is 0.143 e. The molecule has 0 saturated carbocycles. The maximum atomic E-state index is 6.55. The van der Waals surface area contributed by atoms with Gasteiger partial charge in [0.25, 0.3) is 0 Å². The van der Waals surface area contributed by atoms with Crippen molar-refractivity contribution in [2.24, 2.45) is 0 Å². The fourth-order valence-electron chi connectivity index (χ4n) is 11.6. The molecule has 1 spiro atoms. The summed E-state index contributed by atoms with van der Waals surface area (Å²) >= 11 is 0. The van der Waals surface area contributed by atoms with Gasteiger partial charge in [-0.3, -0.25) is 0 Å². The highest BCUT2D eigenvalue weighted by molar-refractivity contribution is 6.10. The van der Waals surface area contributed by atoms with Crippen molar-refractivity contribution in [3.8, 4) is 66.8 Å². The third kappa shape index (κ3) is 6.06. The molecule has 0 amide bonds. The molecule has 0 fully saturated rings. The summed E-state index contributed by atoms with van der Waals surface area (Å²) in [5.74, 6) is 0. The molecule has 2 aliphatic carbocycles. The summed E-state index contributed by atoms with van der Waals surface area (Å²) in [7, 11) is 0. The molecule has 0 radical (unpaired) electrons. The Morgan fingerprint density at radius 1 is 0.261 bits per heavy atom. The number of fused-ring (bicyclic) bond motifs is 13. The monoisotopic (exact) mass is 877 g/mol. The Morgan fingerprint density at radius 2 is 0.696 bits per heavy atom. The first-order chi connectivity index (χ1) is 34.2. The number of furan rings is 1. The first-order valence-corrected chi connectivity index (χ1v) is 23.8. The summed E-state index contributed by atoms with van der Waals surface area (Å²) < 4.78 is 6.55. The first-order valence-electron chi connectivity index (χ1n) is 23.8. The molecule has 1 heterocycles. The molecule has 2 nitrogen and oxygen atoms in total. The van der Waals surface area contributed by atoms with E-state index >= 15 is 0 Å². The average Bonchev–Trinajstić information content (AvgIpc) is 4.06. The van der Waals surface area contributed by atoms with Crippen molar-refractivity contribution in [2.45, 2.75) is 5.41 Å². The van der Waals surface area contributed by atoms with Gasteiger partial charge in [-0.05, 0) is 138 Å². The molecule has 1 aromatic heterocycles. The van der Waals surface area contributed by atoms with Crippen LogP contribution < -0.4 is 4.90 Å². The van der Waals surface area contributed by atoms with Crippen LogP contribution in [0, 0.1) is 0 Å². The summed E-state index contributed by atoms with van der Waals surface area (Å²) in [5, 5.41) is 2.24. The molecule has 12 aromatic rings. The number of para-hydroxylation sites is 1. The Hall–Kier alpha value is -8.98. The minimum absolute atomic E-state index is 0.398. The van der Waals surface area contributed by atoms with Gasteiger partial charge in [-0.1, -0.05) is 206 Å². The van der Waals surface area contributed by atoms with Crippen LogP contribution in [0.1, 0.15) is 22.3 Å². The normalized spacial score (nSPS) is 12.8. The fourth-order valence-corrected chi connectivity index (χ4v) is 11.6. The van der Waals surface area contributed by atoms with Crippen molar-refractivity contribution in [1.82, 2.24) is 0 Å². The number of hydrogen-bond acceptors (Lipinski definition) is 2. The van der Waals surface area contributed by atoms with E-state index in [1.165, 1.54) is 66.8 Å². The molecule has 0 N–H and O–H groups in total. The highest BCUT2D eigenvalue weighted by atomic mass is 16.3. The van der Waals surface area contributed by atoms with Crippen LogP contribution >= 0.6 is 0 Å². The Kier molecular flexibility index (Phi) is 8.84. The molecule has 0 aliphatic heterocycles. The van der Waals surface area contributed by atoms with Gasteiger partial charge >= 0.3 is 0 Å². The van der Waals surface area contributed by atoms with Crippen LogP contribution in [0.15, 0.2) is 265 Å². The van der Waals surface area contributed by atoms with Gasteiger partial charge in [0.2, 0.25) is 0 Å². The van der Waals surface area contributed by atoms with Crippen molar-refractivity contribution < 1.29 is 4.42 Å². The van der Waals surface area contributed by atoms with Crippen LogP contribution in [0.5, 0.6) is 0 Å². The van der Waals surface area contributed by atoms with E-state index in [0.29, 0.717) is 0 Å². The second kappa shape index (κ2) is 15.6. The SMILES string of the molecule is c1ccc(-c2cccc(-c3ccc(N(c4ccc(-c5ccc6oc7c(-c8ccccc8)cccc7c6c5)cc4)c4ccc5c(c4)-c4ccccc4C54c5ccccc5-c5ccccc54)cc3)c2)cc1. The smallest absolute Gasteiger partial charge is 0.143 e. The van der Waals surface area contributed by atoms with Gasteiger partial charge in [-0.15, -0.1) is 0 Å². The Labute approximate surface area is 401 Å². The van der Waals surface area contributed by atoms with E-state index in [-0.39, 0.29) is 0 Å². The van der Waals surface area contributed by atoms with Crippen molar-refractivity contribution in [1.29, 1.82) is 0 Å². The zero-order valence-electron chi connectivity index (χ0n) is 37.7. The molecule has 2 aliphatic rings. The van der Waals surface area contributed by atoms with Crippen LogP contribution in [0.25, 0.3) is 88.7 Å². The van der Waals surface area contributed by atoms with Gasteiger partial charge in [0.15, 0.2) is 0 Å². The summed E-state index contributed by atoms with van der Waals surface area (Å²) in [5.41, 5.74) is 24.5. The third-order valence-corrected chi connectivity index (χ3v) is 14.7. The third-order valence-electron chi connectivity index (χ3n) is 14.7. The van der Waals surface area contributed by atoms with Gasteiger partial charge in [0, 0.05) is 33.4 Å². The number of nitrogens with zero attached hydrogens (tertiary/aromatic N) is 1. The zero-order chi connectivity index (χ0) is 45.5. The van der Waals surface area contributed by atoms with Gasteiger partial charge in [-0.2, -0.15) is 0 Å². The largest absolute Gasteiger partial charge is 0.455 e. The lowest BCUT2D eigenvalue weighted by Gasteiger charge is -2.31. The van der Waals surface area contributed by atoms with E-state index in [2.05, 4.69) is 266 Å². The van der Waals surface area contributed by atoms with Gasteiger partial charge in [0.1, 0.15) is 11.2 Å². The minimum atomic E-state index is -0.398. The van der Waals surface area contributed by atoms with Crippen molar-refractivity contribution in [3.63, 3.8) is 0 Å². The van der Waals surface area contributed by atoms with E-state index in [0.717, 1.165) is 61.3 Å². The number of anilines is 3. The molecular formula is C67H43NO. The van der Waals surface area contributed by atoms with E-state index in [1.54, 1.807) is 0 Å². The van der Waals surface area contributed by atoms with E-state index in [1.807, 2.05) is 0 Å². The Morgan fingerprint density at radius 3 is 1.30 bits per heavy atom. The second-order valence-corrected chi connectivity index (χ2v) is 18.4. The van der Waals surface area contributed by atoms with Crippen LogP contribution in [0.3, 0.4) is 0 Å². The van der Waals surface area contributed by atoms with Gasteiger partial charge in [-0.25, -0.2) is 0 Å². The van der Waals surface area contributed by atoms with Crippen LogP contribution in [0.2, 0.25) is 0 Å². The topological polar surface area (TPSA) is 16.4 Å². The van der Waals surface area contributed by atoms with Gasteiger partial charge < -0.3 is 9.32 Å². The summed E-state index contributed by atoms with van der Waals surface area (Å²) in [4.78, 5) is 2.41. The van der Waals surface area contributed by atoms with Crippen molar-refractivity contribution in [2.75, 3.05) is 4.90 Å². The average molecular weight is 878 g/mol. The number of rotatable bonds is 7. The van der Waals surface area contributed by atoms with E-state index in [4.69, 9.17) is 4.42 Å². The highest BCUT2D eigenvalue weighted by Gasteiger charge is 2.51. The Balaban J connectivity index is 0.893. The lowest BCUT2D eigenvalue weighted by Crippen LogP contribution is -2.25. The van der Waals surface area contributed by atoms with Crippen LogP contribution in [-0.2, 0) is 5.41 Å². The first kappa shape index (κ1) is 39.2. The highest BCUT2D eigenvalue weighted by Crippen LogP contribution is 2.63. The molecule has 0 atom stereocenters. The standard InChI is InChI=1S/C67H43NO/c1-3-15-44(16-4-1)48-19-13-20-49(41-48)45-29-34-51(35-30-45)68(52-36-31-46(32-37-52)50-33-40-65-60(42-50)58-25-14-24-54(66(58)69-65)47-17-5-2-6-18-47)53-38-39-64-59(43-53)57-23-9-12-28-63(57)67(64)61-26-10-7-21-55(61)56-22-8-11-27-62(56)67/h1-43H. The summed E-state index contributed by atoms with van der Waals surface area (Å²) in [6, 6.07) is 95.3. The molecule has 0 bridgehead atoms. The molecule has 2 heteroatoms. The quantitative estimate of drug-likeness (QED) is 0.159. The molecule has 14 rings (SSSR count). The number of hydrogen-bond donors (Lipinski definition) is 0. The second-order valence-electron chi connectivity index (χ2n) is 18.4. The molecule has 322 valence electrons. The zero-order valence-corrected chi connectivity index (χ0v) is 37.7. The van der Waals surface area contributed by atoms with Crippen LogP contribution in [-0.4, -0.2) is 0 Å². The van der Waals surface area contributed by atoms with Gasteiger partial charge in [0.05, 0.1) is 5.41 Å². The molecule has 69 heavy (non-hydrogen) atoms. The van der Waals surface area contributed by atoms with Crippen LogP contribution in [0.4, 0.5) is 17.1 Å². The molecule has 0 unspecified atom stereocenters. The predicted molar refractivity (Wildman–Crippen MR) is 286 cm³/mol. The minimum Gasteiger partial charge on any atom is -0.455 e. The van der Waals surface area contributed by atoms with Crippen molar-refractivity contribution in [3.05, 3.63) is 283 Å². The maximum absolute atomic E-state index is 6.55. The van der Waals surface area contributed by atoms with Crippen molar-refractivity contribution >= 4 is 39.0 Å². The predicted octanol–water partition coefficient (Wildman–Crippen LogP) is 18.1. The number of benzene rings is 11. The lowest BCUT2D eigenvalue weighted by atomic mass is 9.70. The molecule has 11 aromatic carbocycles. The Bertz CT molecular complexity index is 3890. The lowest BCUT2D eigenvalue weighted by molar-refractivity contribution is 0.670. The fraction of sp³-hybridized carbons (Fsp3) is 0.0149.